The van der Waals surface area contributed by atoms with Crippen LogP contribution in [0.3, 0.4) is 0 Å². The zero-order valence-electron chi connectivity index (χ0n) is 8.98. The Morgan fingerprint density at radius 1 is 1.00 bits per heavy atom. The maximum Gasteiger partial charge on any atom is 0.387 e. The Morgan fingerprint density at radius 3 is 1.89 bits per heavy atom. The summed E-state index contributed by atoms with van der Waals surface area (Å²) >= 11 is 0. The fourth-order valence-electron chi connectivity index (χ4n) is 1.13. The second kappa shape index (κ2) is 5.25. The van der Waals surface area contributed by atoms with Crippen molar-refractivity contribution in [3.05, 3.63) is 23.3 Å². The summed E-state index contributed by atoms with van der Waals surface area (Å²) in [6.45, 7) is -3.77. The molecule has 0 heterocycles. The first-order valence-electron chi connectivity index (χ1n) is 4.37. The summed E-state index contributed by atoms with van der Waals surface area (Å²) in [5.41, 5.74) is 0. The summed E-state index contributed by atoms with van der Waals surface area (Å²) in [4.78, 5) is -1.88. The van der Waals surface area contributed by atoms with Crippen molar-refractivity contribution in [2.45, 2.75) is 11.5 Å². The minimum Gasteiger partial charge on any atom is -0.430 e. The van der Waals surface area contributed by atoms with E-state index in [1.54, 1.807) is 0 Å². The van der Waals surface area contributed by atoms with Gasteiger partial charge in [0.1, 0.15) is 0 Å². The van der Waals surface area contributed by atoms with Crippen LogP contribution in [0.4, 0.5) is 26.3 Å². The molecule has 0 bridgehead atoms. The zero-order valence-corrected chi connectivity index (χ0v) is 9.79. The van der Waals surface area contributed by atoms with Gasteiger partial charge in [0.2, 0.25) is 21.7 Å². The smallest absolute Gasteiger partial charge is 0.387 e. The van der Waals surface area contributed by atoms with Crippen molar-refractivity contribution >= 4 is 10.0 Å². The van der Waals surface area contributed by atoms with Crippen molar-refractivity contribution in [1.82, 2.24) is 4.72 Å². The van der Waals surface area contributed by atoms with Crippen LogP contribution >= 0.6 is 0 Å². The van der Waals surface area contributed by atoms with Gasteiger partial charge in [-0.2, -0.15) is 13.2 Å². The van der Waals surface area contributed by atoms with E-state index in [9.17, 15) is 34.8 Å². The van der Waals surface area contributed by atoms with Gasteiger partial charge in [-0.3, -0.25) is 0 Å². The standard InChI is InChI=1S/C8H5F6NO3S/c1-15-19(16,17)7-5(12)3(10)2(9)4(11)6(7)18-8(13)14/h8,15H,1H3. The number of hydrogen-bond donors (Lipinski definition) is 1. The molecule has 0 aliphatic carbocycles. The topological polar surface area (TPSA) is 55.4 Å². The summed E-state index contributed by atoms with van der Waals surface area (Å²) in [5.74, 6) is -11.6. The average Bonchev–Trinajstić information content (AvgIpc) is 2.32. The lowest BCUT2D eigenvalue weighted by molar-refractivity contribution is -0.0551. The molecule has 108 valence electrons. The Balaban J connectivity index is 3.77. The SMILES string of the molecule is CNS(=O)(=O)c1c(F)c(F)c(F)c(F)c1OC(F)F. The quantitative estimate of drug-likeness (QED) is 0.524. The molecule has 0 saturated heterocycles. The highest BCUT2D eigenvalue weighted by Gasteiger charge is 2.34. The summed E-state index contributed by atoms with van der Waals surface area (Å²) < 4.78 is 104. The van der Waals surface area contributed by atoms with Crippen molar-refractivity contribution in [3.8, 4) is 5.75 Å². The van der Waals surface area contributed by atoms with Gasteiger partial charge in [0.25, 0.3) is 0 Å². The number of alkyl halides is 2. The third-order valence-electron chi connectivity index (χ3n) is 1.93. The van der Waals surface area contributed by atoms with Crippen LogP contribution in [0.15, 0.2) is 4.90 Å². The molecule has 11 heteroatoms. The van der Waals surface area contributed by atoms with E-state index in [0.717, 1.165) is 7.05 Å². The summed E-state index contributed by atoms with van der Waals surface area (Å²) in [6, 6.07) is 0. The van der Waals surface area contributed by atoms with Crippen LogP contribution in [0.5, 0.6) is 5.75 Å². The molecule has 0 atom stereocenters. The molecule has 0 aliphatic rings. The predicted molar refractivity (Wildman–Crippen MR) is 49.2 cm³/mol. The van der Waals surface area contributed by atoms with E-state index < -0.39 is 50.5 Å². The number of halogens is 6. The van der Waals surface area contributed by atoms with Gasteiger partial charge in [0.05, 0.1) is 0 Å². The fraction of sp³-hybridized carbons (Fsp3) is 0.250. The molecule has 1 N–H and O–H groups in total. The minimum absolute atomic E-state index is 0.722. The van der Waals surface area contributed by atoms with Crippen LogP contribution in [0, 0.1) is 23.3 Å². The van der Waals surface area contributed by atoms with Crippen LogP contribution < -0.4 is 9.46 Å². The zero-order chi connectivity index (χ0) is 15.0. The molecule has 0 saturated carbocycles. The Hall–Kier alpha value is -1.49. The molecule has 1 aromatic rings. The van der Waals surface area contributed by atoms with Crippen LogP contribution in [0.2, 0.25) is 0 Å². The Bertz CT molecular complexity index is 603. The van der Waals surface area contributed by atoms with Gasteiger partial charge in [-0.15, -0.1) is 0 Å². The van der Waals surface area contributed by atoms with E-state index in [0.29, 0.717) is 0 Å². The monoisotopic (exact) mass is 309 g/mol. The number of nitrogens with one attached hydrogen (secondary N) is 1. The Kier molecular flexibility index (Phi) is 4.30. The average molecular weight is 309 g/mol. The second-order valence-electron chi connectivity index (χ2n) is 3.00. The molecular weight excluding hydrogens is 304 g/mol. The third-order valence-corrected chi connectivity index (χ3v) is 3.37. The number of benzene rings is 1. The molecule has 0 fully saturated rings. The molecule has 0 spiro atoms. The lowest BCUT2D eigenvalue weighted by Crippen LogP contribution is -2.23. The predicted octanol–water partition coefficient (Wildman–Crippen LogP) is 1.75. The molecule has 0 aliphatic heterocycles. The van der Waals surface area contributed by atoms with Gasteiger partial charge in [0.15, 0.2) is 22.3 Å². The fourth-order valence-corrected chi connectivity index (χ4v) is 2.04. The van der Waals surface area contributed by atoms with Gasteiger partial charge in [0, 0.05) is 0 Å². The summed E-state index contributed by atoms with van der Waals surface area (Å²) in [7, 11) is -4.17. The van der Waals surface area contributed by atoms with E-state index >= 15 is 0 Å². The molecule has 0 unspecified atom stereocenters. The van der Waals surface area contributed by atoms with E-state index in [-0.39, 0.29) is 0 Å². The van der Waals surface area contributed by atoms with Gasteiger partial charge in [-0.25, -0.2) is 26.3 Å². The van der Waals surface area contributed by atoms with Crippen molar-refractivity contribution in [2.75, 3.05) is 7.05 Å². The number of hydrogen-bond acceptors (Lipinski definition) is 3. The maximum atomic E-state index is 13.3. The highest BCUT2D eigenvalue weighted by atomic mass is 32.2. The lowest BCUT2D eigenvalue weighted by Gasteiger charge is -2.13. The molecule has 19 heavy (non-hydrogen) atoms. The normalized spacial score (nSPS) is 12.0. The first kappa shape index (κ1) is 15.6. The minimum atomic E-state index is -4.90. The number of rotatable bonds is 4. The lowest BCUT2D eigenvalue weighted by atomic mass is 10.3. The number of sulfonamides is 1. The van der Waals surface area contributed by atoms with Crippen molar-refractivity contribution in [1.29, 1.82) is 0 Å². The highest BCUT2D eigenvalue weighted by Crippen LogP contribution is 2.34. The molecule has 0 aromatic heterocycles. The Morgan fingerprint density at radius 2 is 1.47 bits per heavy atom. The van der Waals surface area contributed by atoms with Crippen molar-refractivity contribution < 1.29 is 39.5 Å². The summed E-state index contributed by atoms with van der Waals surface area (Å²) in [6.07, 6.45) is 0. The third kappa shape index (κ3) is 2.76. The Labute approximate surface area is 103 Å². The van der Waals surface area contributed by atoms with Gasteiger partial charge in [-0.05, 0) is 7.05 Å². The van der Waals surface area contributed by atoms with E-state index in [2.05, 4.69) is 4.74 Å². The summed E-state index contributed by atoms with van der Waals surface area (Å²) in [5, 5.41) is 0. The second-order valence-corrected chi connectivity index (χ2v) is 4.82. The van der Waals surface area contributed by atoms with Crippen molar-refractivity contribution in [2.24, 2.45) is 0 Å². The van der Waals surface area contributed by atoms with Crippen LogP contribution in [0.25, 0.3) is 0 Å². The highest BCUT2D eigenvalue weighted by molar-refractivity contribution is 7.89. The molecule has 4 nitrogen and oxygen atoms in total. The van der Waals surface area contributed by atoms with Gasteiger partial charge < -0.3 is 4.74 Å². The molecule has 1 rings (SSSR count). The molecule has 0 amide bonds. The van der Waals surface area contributed by atoms with Crippen LogP contribution in [-0.4, -0.2) is 22.1 Å². The molecular formula is C8H5F6NO3S. The van der Waals surface area contributed by atoms with E-state index in [1.165, 1.54) is 4.72 Å². The van der Waals surface area contributed by atoms with E-state index in [1.807, 2.05) is 0 Å². The molecule has 1 aromatic carbocycles. The van der Waals surface area contributed by atoms with Crippen molar-refractivity contribution in [3.63, 3.8) is 0 Å². The molecule has 0 radical (unpaired) electrons. The first-order valence-corrected chi connectivity index (χ1v) is 5.86. The van der Waals surface area contributed by atoms with Gasteiger partial charge >= 0.3 is 6.61 Å². The van der Waals surface area contributed by atoms with Crippen LogP contribution in [0.1, 0.15) is 0 Å². The largest absolute Gasteiger partial charge is 0.430 e. The maximum absolute atomic E-state index is 13.3. The van der Waals surface area contributed by atoms with Gasteiger partial charge in [-0.1, -0.05) is 0 Å². The van der Waals surface area contributed by atoms with Crippen LogP contribution in [-0.2, 0) is 10.0 Å². The number of ether oxygens (including phenoxy) is 1. The first-order chi connectivity index (χ1) is 8.63. The van der Waals surface area contributed by atoms with E-state index in [4.69, 9.17) is 0 Å².